The summed E-state index contributed by atoms with van der Waals surface area (Å²) in [4.78, 5) is 21.5. The average Bonchev–Trinajstić information content (AvgIpc) is 3.23. The van der Waals surface area contributed by atoms with E-state index in [1.807, 2.05) is 60.7 Å². The molecular weight excluding hydrogens is 390 g/mol. The van der Waals surface area contributed by atoms with Gasteiger partial charge >= 0.3 is 0 Å². The van der Waals surface area contributed by atoms with Crippen molar-refractivity contribution < 1.29 is 13.9 Å². The summed E-state index contributed by atoms with van der Waals surface area (Å²) in [6.07, 6.45) is 1.01. The minimum atomic E-state index is -0.678. The number of oxazole rings is 1. The number of hydrogen-bond acceptors (Lipinski definition) is 5. The highest BCUT2D eigenvalue weighted by Crippen LogP contribution is 2.27. The Morgan fingerprint density at radius 3 is 2.71 bits per heavy atom. The highest BCUT2D eigenvalue weighted by Gasteiger charge is 2.17. The van der Waals surface area contributed by atoms with Crippen molar-refractivity contribution in [2.75, 3.05) is 5.32 Å². The van der Waals surface area contributed by atoms with Crippen LogP contribution < -0.4 is 10.1 Å². The molecule has 0 saturated carbocycles. The Hall–Kier alpha value is -4.19. The summed E-state index contributed by atoms with van der Waals surface area (Å²) < 4.78 is 11.7. The van der Waals surface area contributed by atoms with Crippen molar-refractivity contribution in [1.29, 1.82) is 0 Å². The van der Waals surface area contributed by atoms with E-state index in [4.69, 9.17) is 9.15 Å². The number of nitrogens with one attached hydrogen (secondary N) is 1. The van der Waals surface area contributed by atoms with Gasteiger partial charge in [0.05, 0.1) is 0 Å². The number of benzene rings is 3. The monoisotopic (exact) mass is 409 g/mol. The third kappa shape index (κ3) is 3.83. The SMILES string of the molecule is CC(Oc1cccc2ccccc12)C(=O)Nc1ccc2oc(-c3ccccn3)nc2c1. The molecule has 0 saturated heterocycles. The van der Waals surface area contributed by atoms with E-state index in [2.05, 4.69) is 15.3 Å². The minimum Gasteiger partial charge on any atom is -0.480 e. The van der Waals surface area contributed by atoms with Crippen LogP contribution >= 0.6 is 0 Å². The van der Waals surface area contributed by atoms with Crippen LogP contribution in [-0.2, 0) is 4.79 Å². The third-order valence-electron chi connectivity index (χ3n) is 4.96. The number of carbonyl (C=O) groups excluding carboxylic acids is 1. The van der Waals surface area contributed by atoms with Gasteiger partial charge in [-0.1, -0.05) is 42.5 Å². The summed E-state index contributed by atoms with van der Waals surface area (Å²) in [5, 5.41) is 4.92. The van der Waals surface area contributed by atoms with Gasteiger partial charge in [0.25, 0.3) is 5.91 Å². The Kier molecular flexibility index (Phi) is 4.80. The number of fused-ring (bicyclic) bond motifs is 2. The molecule has 5 aromatic rings. The van der Waals surface area contributed by atoms with Gasteiger partial charge in [0, 0.05) is 17.3 Å². The highest BCUT2D eigenvalue weighted by atomic mass is 16.5. The lowest BCUT2D eigenvalue weighted by molar-refractivity contribution is -0.122. The zero-order chi connectivity index (χ0) is 21.2. The van der Waals surface area contributed by atoms with Gasteiger partial charge in [-0.25, -0.2) is 4.98 Å². The zero-order valence-electron chi connectivity index (χ0n) is 16.8. The first-order valence-electron chi connectivity index (χ1n) is 9.95. The van der Waals surface area contributed by atoms with E-state index in [1.54, 1.807) is 31.3 Å². The Labute approximate surface area is 178 Å². The third-order valence-corrected chi connectivity index (χ3v) is 4.96. The summed E-state index contributed by atoms with van der Waals surface area (Å²) >= 11 is 0. The molecule has 0 aliphatic heterocycles. The predicted molar refractivity (Wildman–Crippen MR) is 120 cm³/mol. The maximum Gasteiger partial charge on any atom is 0.265 e. The molecule has 1 unspecified atom stereocenters. The molecule has 1 atom stereocenters. The second-order valence-electron chi connectivity index (χ2n) is 7.14. The van der Waals surface area contributed by atoms with Crippen molar-refractivity contribution in [2.24, 2.45) is 0 Å². The maximum absolute atomic E-state index is 12.7. The molecule has 1 amide bonds. The molecule has 1 N–H and O–H groups in total. The van der Waals surface area contributed by atoms with Crippen molar-refractivity contribution in [3.05, 3.63) is 85.1 Å². The van der Waals surface area contributed by atoms with Gasteiger partial charge in [0.2, 0.25) is 5.89 Å². The summed E-state index contributed by atoms with van der Waals surface area (Å²) in [6.45, 7) is 1.73. The fraction of sp³-hybridized carbons (Fsp3) is 0.0800. The number of rotatable bonds is 5. The zero-order valence-corrected chi connectivity index (χ0v) is 16.8. The predicted octanol–water partition coefficient (Wildman–Crippen LogP) is 5.45. The molecule has 0 aliphatic rings. The molecule has 6 nitrogen and oxygen atoms in total. The molecule has 0 fully saturated rings. The Morgan fingerprint density at radius 1 is 1.00 bits per heavy atom. The van der Waals surface area contributed by atoms with E-state index in [9.17, 15) is 4.79 Å². The fourth-order valence-corrected chi connectivity index (χ4v) is 3.39. The molecule has 0 radical (unpaired) electrons. The van der Waals surface area contributed by atoms with Crippen molar-refractivity contribution in [3.63, 3.8) is 0 Å². The van der Waals surface area contributed by atoms with Crippen LogP contribution in [-0.4, -0.2) is 22.0 Å². The standard InChI is InChI=1S/C25H19N3O3/c1-16(30-22-11-6-8-17-7-2-3-9-19(17)22)24(29)27-18-12-13-23-21(15-18)28-25(31-23)20-10-4-5-14-26-20/h2-16H,1H3,(H,27,29). The van der Waals surface area contributed by atoms with Crippen LogP contribution in [0, 0.1) is 0 Å². The molecule has 3 aromatic carbocycles. The number of anilines is 1. The minimum absolute atomic E-state index is 0.249. The summed E-state index contributed by atoms with van der Waals surface area (Å²) in [7, 11) is 0. The molecular formula is C25H19N3O3. The van der Waals surface area contributed by atoms with E-state index in [0.717, 1.165) is 10.8 Å². The number of nitrogens with zero attached hydrogens (tertiary/aromatic N) is 2. The van der Waals surface area contributed by atoms with E-state index in [1.165, 1.54) is 0 Å². The van der Waals surface area contributed by atoms with Gasteiger partial charge in [-0.2, -0.15) is 0 Å². The summed E-state index contributed by atoms with van der Waals surface area (Å²) in [6, 6.07) is 24.6. The second-order valence-corrected chi connectivity index (χ2v) is 7.14. The fourth-order valence-electron chi connectivity index (χ4n) is 3.39. The molecule has 0 aliphatic carbocycles. The number of carbonyl (C=O) groups is 1. The van der Waals surface area contributed by atoms with E-state index in [0.29, 0.717) is 34.1 Å². The van der Waals surface area contributed by atoms with Crippen LogP contribution in [0.15, 0.2) is 89.5 Å². The molecule has 0 bridgehead atoms. The van der Waals surface area contributed by atoms with Gasteiger partial charge in [-0.3, -0.25) is 9.78 Å². The molecule has 2 heterocycles. The lowest BCUT2D eigenvalue weighted by Crippen LogP contribution is -2.30. The number of ether oxygens (including phenoxy) is 1. The van der Waals surface area contributed by atoms with Crippen LogP contribution in [0.25, 0.3) is 33.5 Å². The summed E-state index contributed by atoms with van der Waals surface area (Å²) in [5.74, 6) is 0.861. The maximum atomic E-state index is 12.7. The van der Waals surface area contributed by atoms with Gasteiger partial charge in [0.1, 0.15) is 17.0 Å². The topological polar surface area (TPSA) is 77.2 Å². The molecule has 0 spiro atoms. The van der Waals surface area contributed by atoms with Crippen molar-refractivity contribution in [1.82, 2.24) is 9.97 Å². The van der Waals surface area contributed by atoms with Crippen LogP contribution in [0.3, 0.4) is 0 Å². The molecule has 152 valence electrons. The van der Waals surface area contributed by atoms with Gasteiger partial charge < -0.3 is 14.5 Å². The second kappa shape index (κ2) is 7.91. The first-order chi connectivity index (χ1) is 15.2. The number of aromatic nitrogens is 2. The number of hydrogen-bond donors (Lipinski definition) is 1. The quantitative estimate of drug-likeness (QED) is 0.418. The van der Waals surface area contributed by atoms with Crippen LogP contribution in [0.4, 0.5) is 5.69 Å². The van der Waals surface area contributed by atoms with Crippen LogP contribution in [0.5, 0.6) is 5.75 Å². The van der Waals surface area contributed by atoms with E-state index in [-0.39, 0.29) is 5.91 Å². The number of pyridine rings is 1. The first kappa shape index (κ1) is 18.8. The largest absolute Gasteiger partial charge is 0.480 e. The lowest BCUT2D eigenvalue weighted by Gasteiger charge is -2.16. The highest BCUT2D eigenvalue weighted by molar-refractivity contribution is 5.96. The average molecular weight is 409 g/mol. The summed E-state index contributed by atoms with van der Waals surface area (Å²) in [5.41, 5.74) is 2.54. The Balaban J connectivity index is 1.33. The molecule has 5 rings (SSSR count). The van der Waals surface area contributed by atoms with Crippen molar-refractivity contribution in [2.45, 2.75) is 13.0 Å². The van der Waals surface area contributed by atoms with Crippen molar-refractivity contribution >= 4 is 33.5 Å². The van der Waals surface area contributed by atoms with Gasteiger partial charge in [-0.05, 0) is 48.7 Å². The normalized spacial score (nSPS) is 12.0. The lowest BCUT2D eigenvalue weighted by atomic mass is 10.1. The van der Waals surface area contributed by atoms with E-state index >= 15 is 0 Å². The first-order valence-corrected chi connectivity index (χ1v) is 9.95. The van der Waals surface area contributed by atoms with Gasteiger partial charge in [0.15, 0.2) is 11.7 Å². The molecule has 31 heavy (non-hydrogen) atoms. The van der Waals surface area contributed by atoms with E-state index < -0.39 is 6.10 Å². The van der Waals surface area contributed by atoms with Gasteiger partial charge in [-0.15, -0.1) is 0 Å². The molecule has 6 heteroatoms. The van der Waals surface area contributed by atoms with Crippen LogP contribution in [0.2, 0.25) is 0 Å². The number of amides is 1. The Bertz CT molecular complexity index is 1370. The Morgan fingerprint density at radius 2 is 1.84 bits per heavy atom. The molecule has 2 aromatic heterocycles. The smallest absolute Gasteiger partial charge is 0.265 e. The van der Waals surface area contributed by atoms with Crippen LogP contribution in [0.1, 0.15) is 6.92 Å². The van der Waals surface area contributed by atoms with Crippen molar-refractivity contribution in [3.8, 4) is 17.3 Å².